The van der Waals surface area contributed by atoms with Gasteiger partial charge in [0.2, 0.25) is 5.91 Å². The van der Waals surface area contributed by atoms with Crippen LogP contribution < -0.4 is 15.4 Å². The summed E-state index contributed by atoms with van der Waals surface area (Å²) in [5, 5.41) is 14.9. The molecule has 28 heavy (non-hydrogen) atoms. The van der Waals surface area contributed by atoms with Crippen molar-refractivity contribution in [3.05, 3.63) is 58.1 Å². The molecule has 2 amide bonds. The lowest BCUT2D eigenvalue weighted by molar-refractivity contribution is -0.384. The van der Waals surface area contributed by atoms with Crippen LogP contribution in [0.4, 0.5) is 30.2 Å². The maximum Gasteiger partial charge on any atom is 0.418 e. The molecule has 0 radical (unpaired) electrons. The van der Waals surface area contributed by atoms with Crippen LogP contribution in [0.25, 0.3) is 0 Å². The van der Waals surface area contributed by atoms with Crippen LogP contribution in [0, 0.1) is 10.1 Å². The van der Waals surface area contributed by atoms with Crippen molar-refractivity contribution in [2.24, 2.45) is 0 Å². The molecule has 0 bridgehead atoms. The van der Waals surface area contributed by atoms with Gasteiger partial charge in [0, 0.05) is 24.7 Å². The van der Waals surface area contributed by atoms with Crippen molar-refractivity contribution in [1.82, 2.24) is 0 Å². The van der Waals surface area contributed by atoms with E-state index in [-0.39, 0.29) is 17.1 Å². The summed E-state index contributed by atoms with van der Waals surface area (Å²) in [4.78, 5) is 32.9. The summed E-state index contributed by atoms with van der Waals surface area (Å²) in [7, 11) is 0. The van der Waals surface area contributed by atoms with E-state index in [0.717, 1.165) is 25.1 Å². The van der Waals surface area contributed by atoms with E-state index in [4.69, 9.17) is 4.74 Å². The molecule has 0 fully saturated rings. The van der Waals surface area contributed by atoms with E-state index in [0.29, 0.717) is 6.07 Å². The third kappa shape index (κ3) is 5.69. The maximum absolute atomic E-state index is 13.2. The first-order valence-corrected chi connectivity index (χ1v) is 7.72. The molecule has 0 unspecified atom stereocenters. The Hall–Kier alpha value is -3.63. The molecule has 8 nitrogen and oxygen atoms in total. The summed E-state index contributed by atoms with van der Waals surface area (Å²) in [5.41, 5.74) is -1.88. The summed E-state index contributed by atoms with van der Waals surface area (Å²) >= 11 is 0. The van der Waals surface area contributed by atoms with Crippen molar-refractivity contribution in [2.45, 2.75) is 13.1 Å². The first kappa shape index (κ1) is 20.7. The standard InChI is InChI=1S/C17H14F3N3O5/c1-10(24)21-11-2-7-15(14(8-11)17(18,19)20)22-16(25)9-28-13-5-3-12(4-6-13)23(26)27/h2-8H,9H2,1H3,(H,21,24)(H,22,25). The van der Waals surface area contributed by atoms with Gasteiger partial charge in [-0.1, -0.05) is 0 Å². The molecule has 0 saturated heterocycles. The lowest BCUT2D eigenvalue weighted by Gasteiger charge is -2.15. The van der Waals surface area contributed by atoms with Crippen LogP contribution >= 0.6 is 0 Å². The maximum atomic E-state index is 13.2. The van der Waals surface area contributed by atoms with E-state index in [1.807, 2.05) is 0 Å². The number of nitro groups is 1. The zero-order valence-corrected chi connectivity index (χ0v) is 14.4. The number of non-ortho nitro benzene ring substituents is 1. The number of amides is 2. The minimum Gasteiger partial charge on any atom is -0.484 e. The lowest BCUT2D eigenvalue weighted by atomic mass is 10.1. The van der Waals surface area contributed by atoms with Gasteiger partial charge in [-0.2, -0.15) is 13.2 Å². The summed E-state index contributed by atoms with van der Waals surface area (Å²) in [6.07, 6.45) is -4.77. The molecule has 11 heteroatoms. The fourth-order valence-corrected chi connectivity index (χ4v) is 2.17. The normalized spacial score (nSPS) is 10.9. The average molecular weight is 397 g/mol. The van der Waals surface area contributed by atoms with Gasteiger partial charge in [-0.15, -0.1) is 0 Å². The molecule has 0 aliphatic heterocycles. The van der Waals surface area contributed by atoms with Crippen molar-refractivity contribution >= 4 is 28.9 Å². The summed E-state index contributed by atoms with van der Waals surface area (Å²) in [6.45, 7) is 0.543. The number of nitrogens with one attached hydrogen (secondary N) is 2. The Balaban J connectivity index is 2.08. The minimum atomic E-state index is -4.77. The van der Waals surface area contributed by atoms with Crippen molar-refractivity contribution < 1.29 is 32.4 Å². The van der Waals surface area contributed by atoms with Gasteiger partial charge in [-0.25, -0.2) is 0 Å². The van der Waals surface area contributed by atoms with E-state index in [2.05, 4.69) is 10.6 Å². The number of carbonyl (C=O) groups is 2. The van der Waals surface area contributed by atoms with E-state index in [1.165, 1.54) is 18.2 Å². The quantitative estimate of drug-likeness (QED) is 0.572. The van der Waals surface area contributed by atoms with Crippen LogP contribution in [0.3, 0.4) is 0 Å². The molecule has 0 saturated carbocycles. The third-order valence-corrected chi connectivity index (χ3v) is 3.34. The lowest BCUT2D eigenvalue weighted by Crippen LogP contribution is -2.22. The average Bonchev–Trinajstić information content (AvgIpc) is 2.60. The fraction of sp³-hybridized carbons (Fsp3) is 0.176. The largest absolute Gasteiger partial charge is 0.484 e. The van der Waals surface area contributed by atoms with Gasteiger partial charge in [0.05, 0.1) is 16.2 Å². The van der Waals surface area contributed by atoms with Gasteiger partial charge >= 0.3 is 6.18 Å². The van der Waals surface area contributed by atoms with Crippen LogP contribution in [0.5, 0.6) is 5.75 Å². The number of halogens is 3. The summed E-state index contributed by atoms with van der Waals surface area (Å²) < 4.78 is 44.8. The number of alkyl halides is 3. The second-order valence-electron chi connectivity index (χ2n) is 5.53. The Labute approximate surface area is 156 Å². The first-order valence-electron chi connectivity index (χ1n) is 7.72. The molecule has 0 aliphatic rings. The van der Waals surface area contributed by atoms with Gasteiger partial charge in [0.1, 0.15) is 5.75 Å². The highest BCUT2D eigenvalue weighted by atomic mass is 19.4. The molecule has 0 aliphatic carbocycles. The second kappa shape index (κ2) is 8.37. The van der Waals surface area contributed by atoms with Crippen LogP contribution in [0.1, 0.15) is 12.5 Å². The molecule has 2 N–H and O–H groups in total. The molecule has 2 aromatic rings. The Bertz CT molecular complexity index is 898. The number of hydrogen-bond acceptors (Lipinski definition) is 5. The van der Waals surface area contributed by atoms with Gasteiger partial charge in [0.25, 0.3) is 11.6 Å². The number of nitrogens with zero attached hydrogens (tertiary/aromatic N) is 1. The summed E-state index contributed by atoms with van der Waals surface area (Å²) in [5.74, 6) is -1.27. The Kier molecular flexibility index (Phi) is 6.18. The molecule has 2 aromatic carbocycles. The van der Waals surface area contributed by atoms with Crippen molar-refractivity contribution in [3.8, 4) is 5.75 Å². The molecule has 0 atom stereocenters. The summed E-state index contributed by atoms with van der Waals surface area (Å²) in [6, 6.07) is 7.77. The van der Waals surface area contributed by atoms with E-state index >= 15 is 0 Å². The predicted octanol–water partition coefficient (Wildman–Crippen LogP) is 3.59. The van der Waals surface area contributed by atoms with Crippen molar-refractivity contribution in [3.63, 3.8) is 0 Å². The third-order valence-electron chi connectivity index (χ3n) is 3.34. The highest BCUT2D eigenvalue weighted by molar-refractivity contribution is 5.94. The molecule has 0 spiro atoms. The minimum absolute atomic E-state index is 0.0695. The van der Waals surface area contributed by atoms with Crippen LogP contribution in [0.15, 0.2) is 42.5 Å². The Morgan fingerprint density at radius 1 is 1.11 bits per heavy atom. The number of rotatable bonds is 6. The van der Waals surface area contributed by atoms with Gasteiger partial charge in [-0.3, -0.25) is 19.7 Å². The van der Waals surface area contributed by atoms with Crippen molar-refractivity contribution in [2.75, 3.05) is 17.2 Å². The van der Waals surface area contributed by atoms with E-state index < -0.39 is 40.8 Å². The van der Waals surface area contributed by atoms with Crippen LogP contribution in [-0.4, -0.2) is 23.3 Å². The van der Waals surface area contributed by atoms with Gasteiger partial charge in [-0.05, 0) is 30.3 Å². The number of nitro benzene ring substituents is 1. The monoisotopic (exact) mass is 397 g/mol. The van der Waals surface area contributed by atoms with Gasteiger partial charge in [0.15, 0.2) is 6.61 Å². The van der Waals surface area contributed by atoms with Crippen LogP contribution in [-0.2, 0) is 15.8 Å². The second-order valence-corrected chi connectivity index (χ2v) is 5.53. The smallest absolute Gasteiger partial charge is 0.418 e. The number of hydrogen-bond donors (Lipinski definition) is 2. The predicted molar refractivity (Wildman–Crippen MR) is 93.0 cm³/mol. The first-order chi connectivity index (χ1) is 13.1. The zero-order valence-electron chi connectivity index (χ0n) is 14.4. The topological polar surface area (TPSA) is 111 Å². The SMILES string of the molecule is CC(=O)Nc1ccc(NC(=O)COc2ccc([N+](=O)[O-])cc2)c(C(F)(F)F)c1. The van der Waals surface area contributed by atoms with Crippen LogP contribution in [0.2, 0.25) is 0 Å². The Morgan fingerprint density at radius 2 is 1.75 bits per heavy atom. The van der Waals surface area contributed by atoms with E-state index in [9.17, 15) is 32.9 Å². The zero-order chi connectivity index (χ0) is 20.9. The molecular formula is C17H14F3N3O5. The number of carbonyl (C=O) groups excluding carboxylic acids is 2. The molecular weight excluding hydrogens is 383 g/mol. The highest BCUT2D eigenvalue weighted by Crippen LogP contribution is 2.36. The molecule has 0 heterocycles. The number of anilines is 2. The molecule has 0 aromatic heterocycles. The molecule has 148 valence electrons. The fourth-order valence-electron chi connectivity index (χ4n) is 2.17. The van der Waals surface area contributed by atoms with E-state index in [1.54, 1.807) is 0 Å². The molecule has 2 rings (SSSR count). The highest BCUT2D eigenvalue weighted by Gasteiger charge is 2.34. The van der Waals surface area contributed by atoms with Crippen molar-refractivity contribution in [1.29, 1.82) is 0 Å². The number of benzene rings is 2. The number of ether oxygens (including phenoxy) is 1. The Morgan fingerprint density at radius 3 is 2.29 bits per heavy atom. The van der Waals surface area contributed by atoms with Gasteiger partial charge < -0.3 is 15.4 Å².